The molecule has 6 aromatic rings. The number of benzene rings is 3. The van der Waals surface area contributed by atoms with Crippen molar-refractivity contribution in [2.45, 2.75) is 53.5 Å². The van der Waals surface area contributed by atoms with Crippen LogP contribution in [0.15, 0.2) is 42.5 Å². The molecule has 3 heterocycles. The maximum Gasteiger partial charge on any atom is 0.171 e. The SMILES string of the molecule is Cc1cc(OCCCc2c(C=O)n([C@H](C)CN(C)c3cccc4c3c(C=O)nn4C)c3c(-c4c(C)nn(C)c4C)c(Cl)ccc23)cc(C)c1Cl. The molecule has 0 saturated heterocycles. The number of fused-ring (bicyclic) bond motifs is 2. The van der Waals surface area contributed by atoms with Gasteiger partial charge in [-0.3, -0.25) is 19.0 Å². The number of rotatable bonds is 12. The molecule has 0 saturated carbocycles. The first-order chi connectivity index (χ1) is 23.9. The lowest BCUT2D eigenvalue weighted by atomic mass is 9.98. The van der Waals surface area contributed by atoms with Crippen LogP contribution < -0.4 is 9.64 Å². The number of hydrogen-bond acceptors (Lipinski definition) is 6. The molecule has 50 heavy (non-hydrogen) atoms. The largest absolute Gasteiger partial charge is 0.494 e. The van der Waals surface area contributed by atoms with E-state index in [0.717, 1.165) is 90.0 Å². The van der Waals surface area contributed by atoms with Gasteiger partial charge in [-0.1, -0.05) is 35.3 Å². The Balaban J connectivity index is 1.44. The van der Waals surface area contributed by atoms with E-state index >= 15 is 0 Å². The summed E-state index contributed by atoms with van der Waals surface area (Å²) >= 11 is 13.5. The summed E-state index contributed by atoms with van der Waals surface area (Å²) in [7, 11) is 5.76. The number of halogens is 2. The molecule has 3 aromatic heterocycles. The number of nitrogens with zero attached hydrogens (tertiary/aromatic N) is 6. The summed E-state index contributed by atoms with van der Waals surface area (Å²) in [6.45, 7) is 11.1. The molecule has 0 N–H and O–H groups in total. The van der Waals surface area contributed by atoms with E-state index in [1.165, 1.54) is 0 Å². The summed E-state index contributed by atoms with van der Waals surface area (Å²) in [5, 5.41) is 12.2. The van der Waals surface area contributed by atoms with Crippen molar-refractivity contribution in [3.05, 3.63) is 92.0 Å². The lowest BCUT2D eigenvalue weighted by Crippen LogP contribution is -2.27. The maximum absolute atomic E-state index is 13.2. The Morgan fingerprint density at radius 1 is 0.940 bits per heavy atom. The number of carbonyl (C=O) groups excluding carboxylic acids is 2. The third-order valence-electron chi connectivity index (χ3n) is 9.77. The van der Waals surface area contributed by atoms with Gasteiger partial charge in [0.1, 0.15) is 11.4 Å². The molecule has 0 amide bonds. The fourth-order valence-corrected chi connectivity index (χ4v) is 7.77. The molecule has 1 atom stereocenters. The third kappa shape index (κ3) is 6.07. The lowest BCUT2D eigenvalue weighted by Gasteiger charge is -2.27. The summed E-state index contributed by atoms with van der Waals surface area (Å²) in [6, 6.07) is 13.6. The van der Waals surface area contributed by atoms with Gasteiger partial charge in [-0.05, 0) is 94.5 Å². The highest BCUT2D eigenvalue weighted by Crippen LogP contribution is 2.43. The Morgan fingerprint density at radius 3 is 2.30 bits per heavy atom. The number of carbonyl (C=O) groups is 2. The quantitative estimate of drug-likeness (QED) is 0.0931. The van der Waals surface area contributed by atoms with Crippen LogP contribution in [-0.4, -0.2) is 56.9 Å². The van der Waals surface area contributed by atoms with Gasteiger partial charge in [0.25, 0.3) is 0 Å². The fourth-order valence-electron chi connectivity index (χ4n) is 7.42. The monoisotopic (exact) mass is 712 g/mol. The van der Waals surface area contributed by atoms with Gasteiger partial charge in [-0.15, -0.1) is 0 Å². The van der Waals surface area contributed by atoms with E-state index in [0.29, 0.717) is 42.4 Å². The number of anilines is 1. The zero-order valence-electron chi connectivity index (χ0n) is 29.8. The minimum absolute atomic E-state index is 0.186. The van der Waals surface area contributed by atoms with Crippen molar-refractivity contribution in [3.8, 4) is 16.9 Å². The molecule has 0 aliphatic rings. The van der Waals surface area contributed by atoms with Crippen LogP contribution in [0.5, 0.6) is 5.75 Å². The lowest BCUT2D eigenvalue weighted by molar-refractivity contribution is 0.110. The number of aldehydes is 2. The molecule has 260 valence electrons. The van der Waals surface area contributed by atoms with Crippen LogP contribution in [0.3, 0.4) is 0 Å². The van der Waals surface area contributed by atoms with Crippen LogP contribution in [0.1, 0.15) is 68.4 Å². The fraction of sp³-hybridized carbons (Fsp3) is 0.333. The molecule has 0 unspecified atom stereocenters. The van der Waals surface area contributed by atoms with Gasteiger partial charge >= 0.3 is 0 Å². The second-order valence-corrected chi connectivity index (χ2v) is 14.0. The summed E-state index contributed by atoms with van der Waals surface area (Å²) in [6.07, 6.45) is 3.07. The Labute approximate surface area is 302 Å². The number of aryl methyl sites for hydroxylation is 6. The van der Waals surface area contributed by atoms with Gasteiger partial charge in [0.05, 0.1) is 39.4 Å². The predicted molar refractivity (Wildman–Crippen MR) is 203 cm³/mol. The Kier molecular flexibility index (Phi) is 9.84. The average molecular weight is 714 g/mol. The Bertz CT molecular complexity index is 2260. The molecule has 0 bridgehead atoms. The van der Waals surface area contributed by atoms with Crippen molar-refractivity contribution in [2.24, 2.45) is 14.1 Å². The number of hydrogen-bond donors (Lipinski definition) is 0. The smallest absolute Gasteiger partial charge is 0.171 e. The van der Waals surface area contributed by atoms with Crippen LogP contribution in [0.2, 0.25) is 10.0 Å². The zero-order chi connectivity index (χ0) is 36.0. The normalized spacial score (nSPS) is 12.2. The van der Waals surface area contributed by atoms with E-state index in [1.807, 2.05) is 96.0 Å². The van der Waals surface area contributed by atoms with Gasteiger partial charge in [0.15, 0.2) is 12.6 Å². The molecule has 9 nitrogen and oxygen atoms in total. The molecule has 0 spiro atoms. The number of likely N-dealkylation sites (N-methyl/N-ethyl adjacent to an activating group) is 1. The Hall–Kier alpha value is -4.60. The van der Waals surface area contributed by atoms with E-state index in [9.17, 15) is 9.59 Å². The van der Waals surface area contributed by atoms with Crippen LogP contribution in [0.25, 0.3) is 32.9 Å². The van der Waals surface area contributed by atoms with Gasteiger partial charge < -0.3 is 14.2 Å². The molecule has 3 aromatic carbocycles. The summed E-state index contributed by atoms with van der Waals surface area (Å²) in [5.41, 5.74) is 10.2. The van der Waals surface area contributed by atoms with Gasteiger partial charge in [-0.25, -0.2) is 0 Å². The van der Waals surface area contributed by atoms with Crippen molar-refractivity contribution >= 4 is 63.3 Å². The number of aromatic nitrogens is 5. The molecule has 6 rings (SSSR count). The minimum Gasteiger partial charge on any atom is -0.494 e. The summed E-state index contributed by atoms with van der Waals surface area (Å²) < 4.78 is 11.9. The van der Waals surface area contributed by atoms with Gasteiger partial charge in [0.2, 0.25) is 0 Å². The molecule has 0 aliphatic heterocycles. The Morgan fingerprint density at radius 2 is 1.66 bits per heavy atom. The van der Waals surface area contributed by atoms with Crippen molar-refractivity contribution in [2.75, 3.05) is 25.1 Å². The summed E-state index contributed by atoms with van der Waals surface area (Å²) in [5.74, 6) is 0.775. The highest BCUT2D eigenvalue weighted by atomic mass is 35.5. The van der Waals surface area contributed by atoms with Crippen LogP contribution >= 0.6 is 23.2 Å². The maximum atomic E-state index is 13.2. The van der Waals surface area contributed by atoms with Crippen molar-refractivity contribution in [1.82, 2.24) is 24.1 Å². The highest BCUT2D eigenvalue weighted by molar-refractivity contribution is 6.35. The molecule has 0 fully saturated rings. The first kappa shape index (κ1) is 35.2. The number of ether oxygens (including phenoxy) is 1. The standard InChI is InChI=1S/C39H42Cl2N6O3/c1-22-17-27(18-23(2)38(22)41)50-16-10-11-28-29-14-15-30(40)36(35-25(4)42-45(7)26(35)5)39(29)47(34(28)21-49)24(3)19-44(6)32-12-9-13-33-37(32)31(20-48)43-46(33)8/h9,12-15,17-18,20-21,24H,10-11,16,19H2,1-8H3/t24-/m1/s1. The second-order valence-electron chi connectivity index (χ2n) is 13.2. The first-order valence-electron chi connectivity index (χ1n) is 16.7. The van der Waals surface area contributed by atoms with E-state index < -0.39 is 0 Å². The minimum atomic E-state index is -0.186. The third-order valence-corrected chi connectivity index (χ3v) is 10.7. The van der Waals surface area contributed by atoms with Gasteiger partial charge in [0, 0.05) is 66.6 Å². The second kappa shape index (κ2) is 14.0. The van der Waals surface area contributed by atoms with Crippen LogP contribution in [0.4, 0.5) is 5.69 Å². The zero-order valence-corrected chi connectivity index (χ0v) is 31.3. The average Bonchev–Trinajstić information content (AvgIpc) is 3.68. The molecule has 0 radical (unpaired) electrons. The topological polar surface area (TPSA) is 87.2 Å². The van der Waals surface area contributed by atoms with Crippen LogP contribution in [-0.2, 0) is 20.5 Å². The highest BCUT2D eigenvalue weighted by Gasteiger charge is 2.28. The van der Waals surface area contributed by atoms with Crippen LogP contribution in [0, 0.1) is 27.7 Å². The molecular formula is C39H42Cl2N6O3. The van der Waals surface area contributed by atoms with Crippen molar-refractivity contribution < 1.29 is 14.3 Å². The van der Waals surface area contributed by atoms with Crippen molar-refractivity contribution in [3.63, 3.8) is 0 Å². The molecule has 11 heteroatoms. The van der Waals surface area contributed by atoms with E-state index in [-0.39, 0.29) is 6.04 Å². The van der Waals surface area contributed by atoms with E-state index in [1.54, 1.807) is 4.68 Å². The van der Waals surface area contributed by atoms with Crippen molar-refractivity contribution in [1.29, 1.82) is 0 Å². The summed E-state index contributed by atoms with van der Waals surface area (Å²) in [4.78, 5) is 27.3. The first-order valence-corrected chi connectivity index (χ1v) is 17.5. The van der Waals surface area contributed by atoms with E-state index in [4.69, 9.17) is 33.0 Å². The van der Waals surface area contributed by atoms with Gasteiger partial charge in [-0.2, -0.15) is 10.2 Å². The molecular weight excluding hydrogens is 671 g/mol. The molecule has 0 aliphatic carbocycles. The van der Waals surface area contributed by atoms with E-state index in [2.05, 4.69) is 21.5 Å². The predicted octanol–water partition coefficient (Wildman–Crippen LogP) is 8.80.